The van der Waals surface area contributed by atoms with Crippen LogP contribution in [-0.2, 0) is 10.0 Å². The average molecular weight is 393 g/mol. The maximum absolute atomic E-state index is 12.7. The Labute approximate surface area is 129 Å². The van der Waals surface area contributed by atoms with E-state index >= 15 is 0 Å². The van der Waals surface area contributed by atoms with Crippen molar-refractivity contribution in [2.24, 2.45) is 0 Å². The van der Waals surface area contributed by atoms with Gasteiger partial charge in [-0.25, -0.2) is 8.42 Å². The molecule has 1 aliphatic heterocycles. The lowest BCUT2D eigenvalue weighted by Gasteiger charge is -2.36. The van der Waals surface area contributed by atoms with Crippen LogP contribution in [0.2, 0.25) is 0 Å². The number of sulfonamides is 1. The van der Waals surface area contributed by atoms with Crippen molar-refractivity contribution < 1.29 is 8.42 Å². The molecule has 1 fully saturated rings. The van der Waals surface area contributed by atoms with E-state index < -0.39 is 10.0 Å². The van der Waals surface area contributed by atoms with E-state index in [1.807, 2.05) is 19.1 Å². The molecule has 0 radical (unpaired) electrons. The first-order chi connectivity index (χ1) is 8.95. The van der Waals surface area contributed by atoms with Crippen LogP contribution in [0.1, 0.15) is 31.7 Å². The molecule has 0 aromatic heterocycles. The molecule has 0 spiro atoms. The summed E-state index contributed by atoms with van der Waals surface area (Å²) in [5.41, 5.74) is 1.08. The van der Waals surface area contributed by atoms with Gasteiger partial charge in [-0.15, -0.1) is 0 Å². The third kappa shape index (κ3) is 3.31. The van der Waals surface area contributed by atoms with Crippen LogP contribution in [0.5, 0.6) is 0 Å². The third-order valence-electron chi connectivity index (χ3n) is 3.70. The highest BCUT2D eigenvalue weighted by Gasteiger charge is 2.34. The summed E-state index contributed by atoms with van der Waals surface area (Å²) in [7, 11) is -3.33. The summed E-state index contributed by atoms with van der Waals surface area (Å²) in [5, 5.41) is 0. The fourth-order valence-electron chi connectivity index (χ4n) is 2.51. The smallest absolute Gasteiger partial charge is 0.207 e. The normalized spacial score (nSPS) is 25.4. The quantitative estimate of drug-likeness (QED) is 0.584. The maximum atomic E-state index is 12.7. The van der Waals surface area contributed by atoms with Crippen molar-refractivity contribution in [3.05, 3.63) is 29.8 Å². The zero-order chi connectivity index (χ0) is 14.0. The van der Waals surface area contributed by atoms with Gasteiger partial charge in [0.15, 0.2) is 0 Å². The fourth-order valence-corrected chi connectivity index (χ4v) is 5.10. The maximum Gasteiger partial charge on any atom is 0.243 e. The molecule has 3 nitrogen and oxygen atoms in total. The molecule has 0 unspecified atom stereocenters. The Balaban J connectivity index is 2.30. The van der Waals surface area contributed by atoms with Crippen LogP contribution in [0.15, 0.2) is 29.2 Å². The molecule has 2 rings (SSSR count). The zero-order valence-corrected chi connectivity index (χ0v) is 14.3. The van der Waals surface area contributed by atoms with Crippen molar-refractivity contribution >= 4 is 32.6 Å². The van der Waals surface area contributed by atoms with Gasteiger partial charge >= 0.3 is 0 Å². The van der Waals surface area contributed by atoms with Gasteiger partial charge in [-0.05, 0) is 38.3 Å². The van der Waals surface area contributed by atoms with Crippen molar-refractivity contribution in [1.82, 2.24) is 4.31 Å². The van der Waals surface area contributed by atoms with Crippen LogP contribution in [0.25, 0.3) is 0 Å². The Hall–Kier alpha value is -0.140. The van der Waals surface area contributed by atoms with E-state index in [1.165, 1.54) is 0 Å². The molecule has 0 N–H and O–H groups in total. The molecular weight excluding hydrogens is 373 g/mol. The zero-order valence-electron chi connectivity index (χ0n) is 11.3. The highest BCUT2D eigenvalue weighted by Crippen LogP contribution is 2.30. The lowest BCUT2D eigenvalue weighted by atomic mass is 10.0. The van der Waals surface area contributed by atoms with Gasteiger partial charge in [0, 0.05) is 16.5 Å². The van der Waals surface area contributed by atoms with E-state index in [4.69, 9.17) is 0 Å². The van der Waals surface area contributed by atoms with Crippen molar-refractivity contribution in [3.63, 3.8) is 0 Å². The number of benzene rings is 1. The van der Waals surface area contributed by atoms with Crippen LogP contribution in [-0.4, -0.2) is 29.2 Å². The number of nitrogens with zero attached hydrogens (tertiary/aromatic N) is 1. The van der Waals surface area contributed by atoms with Crippen molar-refractivity contribution in [3.8, 4) is 0 Å². The van der Waals surface area contributed by atoms with E-state index in [2.05, 4.69) is 29.5 Å². The Morgan fingerprint density at radius 1 is 1.32 bits per heavy atom. The minimum Gasteiger partial charge on any atom is -0.207 e. The summed E-state index contributed by atoms with van der Waals surface area (Å²) in [5.74, 6) is 0. The molecule has 1 saturated heterocycles. The predicted octanol–water partition coefficient (Wildman–Crippen LogP) is 3.36. The molecular formula is C14H20INO2S. The summed E-state index contributed by atoms with van der Waals surface area (Å²) >= 11 is 2.43. The standard InChI is InChI=1S/C14H20INO2S/c1-3-13-10-12(15)8-9-16(13)19(17,18)14-6-4-11(2)5-7-14/h4-7,12-13H,3,8-10H2,1-2H3/t12-,13+/m0/s1. The Bertz CT molecular complexity index is 527. The first-order valence-corrected chi connectivity index (χ1v) is 9.36. The van der Waals surface area contributed by atoms with Crippen LogP contribution < -0.4 is 0 Å². The molecule has 1 heterocycles. The first kappa shape index (κ1) is 15.3. The molecule has 1 aromatic carbocycles. The fraction of sp³-hybridized carbons (Fsp3) is 0.571. The molecule has 1 aliphatic rings. The van der Waals surface area contributed by atoms with Gasteiger partial charge in [0.25, 0.3) is 0 Å². The predicted molar refractivity (Wildman–Crippen MR) is 86.2 cm³/mol. The van der Waals surface area contributed by atoms with E-state index in [1.54, 1.807) is 16.4 Å². The Morgan fingerprint density at radius 2 is 1.95 bits per heavy atom. The highest BCUT2D eigenvalue weighted by molar-refractivity contribution is 14.1. The van der Waals surface area contributed by atoms with Crippen molar-refractivity contribution in [2.45, 2.75) is 48.0 Å². The molecule has 106 valence electrons. The molecule has 5 heteroatoms. The lowest BCUT2D eigenvalue weighted by molar-refractivity contribution is 0.255. The number of hydrogen-bond acceptors (Lipinski definition) is 2. The second kappa shape index (κ2) is 6.10. The van der Waals surface area contributed by atoms with Crippen LogP contribution >= 0.6 is 22.6 Å². The Morgan fingerprint density at radius 3 is 2.53 bits per heavy atom. The number of hydrogen-bond donors (Lipinski definition) is 0. The molecule has 2 atom stereocenters. The van der Waals surface area contributed by atoms with Gasteiger partial charge in [-0.1, -0.05) is 47.2 Å². The largest absolute Gasteiger partial charge is 0.243 e. The van der Waals surface area contributed by atoms with Gasteiger partial charge in [-0.3, -0.25) is 0 Å². The highest BCUT2D eigenvalue weighted by atomic mass is 127. The number of halogens is 1. The van der Waals surface area contributed by atoms with Crippen LogP contribution in [0.3, 0.4) is 0 Å². The minimum atomic E-state index is -3.33. The summed E-state index contributed by atoms with van der Waals surface area (Å²) in [6, 6.07) is 7.29. The number of alkyl halides is 1. The van der Waals surface area contributed by atoms with E-state index in [9.17, 15) is 8.42 Å². The second-order valence-electron chi connectivity index (χ2n) is 5.11. The molecule has 0 aliphatic carbocycles. The van der Waals surface area contributed by atoms with Crippen LogP contribution in [0, 0.1) is 6.92 Å². The Kier molecular flexibility index (Phi) is 4.89. The van der Waals surface area contributed by atoms with Crippen molar-refractivity contribution in [2.75, 3.05) is 6.54 Å². The second-order valence-corrected chi connectivity index (χ2v) is 8.76. The molecule has 0 amide bonds. The van der Waals surface area contributed by atoms with Gasteiger partial charge in [0.1, 0.15) is 0 Å². The van der Waals surface area contributed by atoms with E-state index in [0.717, 1.165) is 24.8 Å². The molecule has 0 saturated carbocycles. The summed E-state index contributed by atoms with van der Waals surface area (Å²) in [6.45, 7) is 4.67. The summed E-state index contributed by atoms with van der Waals surface area (Å²) in [4.78, 5) is 0.420. The average Bonchev–Trinajstić information content (AvgIpc) is 2.38. The number of aryl methyl sites for hydroxylation is 1. The SMILES string of the molecule is CC[C@@H]1C[C@@H](I)CCN1S(=O)(=O)c1ccc(C)cc1. The lowest BCUT2D eigenvalue weighted by Crippen LogP contribution is -2.45. The van der Waals surface area contributed by atoms with Gasteiger partial charge < -0.3 is 0 Å². The van der Waals surface area contributed by atoms with Gasteiger partial charge in [0.05, 0.1) is 4.90 Å². The van der Waals surface area contributed by atoms with Crippen LogP contribution in [0.4, 0.5) is 0 Å². The monoisotopic (exact) mass is 393 g/mol. The van der Waals surface area contributed by atoms with Crippen molar-refractivity contribution in [1.29, 1.82) is 0 Å². The number of piperidine rings is 1. The molecule has 1 aromatic rings. The van der Waals surface area contributed by atoms with E-state index in [0.29, 0.717) is 15.4 Å². The molecule has 0 bridgehead atoms. The topological polar surface area (TPSA) is 37.4 Å². The number of rotatable bonds is 3. The summed E-state index contributed by atoms with van der Waals surface area (Å²) < 4.78 is 27.7. The minimum absolute atomic E-state index is 0.141. The van der Waals surface area contributed by atoms with E-state index in [-0.39, 0.29) is 6.04 Å². The molecule has 19 heavy (non-hydrogen) atoms. The van der Waals surface area contributed by atoms with Gasteiger partial charge in [-0.2, -0.15) is 4.31 Å². The summed E-state index contributed by atoms with van der Waals surface area (Å²) in [6.07, 6.45) is 2.79. The van der Waals surface area contributed by atoms with Gasteiger partial charge in [0.2, 0.25) is 10.0 Å². The third-order valence-corrected chi connectivity index (χ3v) is 6.79. The first-order valence-electron chi connectivity index (χ1n) is 6.67.